The number of nitrogens with one attached hydrogen (secondary N) is 1. The van der Waals surface area contributed by atoms with Crippen LogP contribution in [0.2, 0.25) is 0 Å². The molecular formula is C17H26FIN6O2S. The van der Waals surface area contributed by atoms with E-state index < -0.39 is 15.7 Å². The van der Waals surface area contributed by atoms with Gasteiger partial charge in [-0.05, 0) is 25.2 Å². The quantitative estimate of drug-likeness (QED) is 0.356. The molecule has 1 unspecified atom stereocenters. The first-order chi connectivity index (χ1) is 13.0. The van der Waals surface area contributed by atoms with Gasteiger partial charge in [-0.25, -0.2) is 22.8 Å². The van der Waals surface area contributed by atoms with Crippen LogP contribution >= 0.6 is 24.0 Å². The van der Waals surface area contributed by atoms with Gasteiger partial charge >= 0.3 is 0 Å². The van der Waals surface area contributed by atoms with E-state index in [0.717, 1.165) is 45.0 Å². The van der Waals surface area contributed by atoms with Crippen molar-refractivity contribution in [1.29, 1.82) is 0 Å². The Morgan fingerprint density at radius 2 is 1.86 bits per heavy atom. The number of aliphatic imine (C=N–C) groups is 1. The highest BCUT2D eigenvalue weighted by atomic mass is 127. The molecule has 1 N–H and O–H groups in total. The molecular weight excluding hydrogens is 498 g/mol. The fourth-order valence-corrected chi connectivity index (χ4v) is 5.32. The number of anilines is 1. The highest BCUT2D eigenvalue weighted by Gasteiger charge is 2.30. The van der Waals surface area contributed by atoms with Gasteiger partial charge in [-0.1, -0.05) is 0 Å². The summed E-state index contributed by atoms with van der Waals surface area (Å²) < 4.78 is 36.3. The molecule has 11 heteroatoms. The van der Waals surface area contributed by atoms with Crippen molar-refractivity contribution in [3.63, 3.8) is 0 Å². The van der Waals surface area contributed by atoms with Crippen molar-refractivity contribution < 1.29 is 12.8 Å². The summed E-state index contributed by atoms with van der Waals surface area (Å²) >= 11 is 0. The smallest absolute Gasteiger partial charge is 0.225 e. The van der Waals surface area contributed by atoms with Gasteiger partial charge in [0.15, 0.2) is 21.6 Å². The standard InChI is InChI=1S/C17H25FN6O2S.HI/c18-14-10-20-16(21-11-14)23-4-6-24(7-5-23)17(22-15-1-2-15)19-9-13-3-8-27(25,26)12-13;/h10-11,13,15H,1-9,12H2,(H,19,22);1H. The lowest BCUT2D eigenvalue weighted by Crippen LogP contribution is -2.53. The molecule has 156 valence electrons. The van der Waals surface area contributed by atoms with E-state index in [2.05, 4.69) is 20.2 Å². The molecule has 1 aromatic heterocycles. The van der Waals surface area contributed by atoms with Gasteiger partial charge in [0.25, 0.3) is 0 Å². The van der Waals surface area contributed by atoms with Crippen LogP contribution in [0.1, 0.15) is 19.3 Å². The first-order valence-corrected chi connectivity index (χ1v) is 11.3. The van der Waals surface area contributed by atoms with Gasteiger partial charge in [-0.15, -0.1) is 24.0 Å². The van der Waals surface area contributed by atoms with E-state index in [0.29, 0.717) is 25.0 Å². The Morgan fingerprint density at radius 3 is 2.43 bits per heavy atom. The summed E-state index contributed by atoms with van der Waals surface area (Å²) in [5, 5.41) is 3.49. The largest absolute Gasteiger partial charge is 0.354 e. The van der Waals surface area contributed by atoms with Crippen LogP contribution in [0.4, 0.5) is 10.3 Å². The van der Waals surface area contributed by atoms with Crippen LogP contribution < -0.4 is 10.2 Å². The van der Waals surface area contributed by atoms with E-state index in [9.17, 15) is 12.8 Å². The molecule has 0 radical (unpaired) electrons. The number of guanidine groups is 1. The molecule has 3 fully saturated rings. The van der Waals surface area contributed by atoms with Crippen LogP contribution in [0, 0.1) is 11.7 Å². The third-order valence-corrected chi connectivity index (χ3v) is 7.04. The van der Waals surface area contributed by atoms with Crippen LogP contribution in [0.5, 0.6) is 0 Å². The zero-order chi connectivity index (χ0) is 18.9. The molecule has 1 saturated carbocycles. The van der Waals surface area contributed by atoms with Crippen molar-refractivity contribution in [3.8, 4) is 0 Å². The SMILES string of the molecule is I.O=S1(=O)CCC(CN=C(NC2CC2)N2CCN(c3ncc(F)cn3)CC2)C1. The molecule has 0 bridgehead atoms. The average Bonchev–Trinajstić information content (AvgIpc) is 3.41. The first-order valence-electron chi connectivity index (χ1n) is 9.47. The van der Waals surface area contributed by atoms with Crippen molar-refractivity contribution in [2.45, 2.75) is 25.3 Å². The topological polar surface area (TPSA) is 90.8 Å². The number of sulfone groups is 1. The summed E-state index contributed by atoms with van der Waals surface area (Å²) in [4.78, 5) is 17.1. The maximum absolute atomic E-state index is 13.0. The lowest BCUT2D eigenvalue weighted by atomic mass is 10.1. The predicted molar refractivity (Wildman–Crippen MR) is 116 cm³/mol. The Hall–Kier alpha value is -1.24. The molecule has 1 aliphatic carbocycles. The van der Waals surface area contributed by atoms with Crippen LogP contribution in [0.25, 0.3) is 0 Å². The highest BCUT2D eigenvalue weighted by molar-refractivity contribution is 14.0. The van der Waals surface area contributed by atoms with Crippen molar-refractivity contribution in [2.24, 2.45) is 10.9 Å². The molecule has 0 spiro atoms. The Kier molecular flexibility index (Phi) is 6.94. The molecule has 8 nitrogen and oxygen atoms in total. The lowest BCUT2D eigenvalue weighted by molar-refractivity contribution is 0.367. The van der Waals surface area contributed by atoms with Gasteiger partial charge in [0.05, 0.1) is 23.9 Å². The van der Waals surface area contributed by atoms with E-state index in [1.807, 2.05) is 4.90 Å². The van der Waals surface area contributed by atoms with E-state index in [1.54, 1.807) is 0 Å². The van der Waals surface area contributed by atoms with Crippen LogP contribution in [-0.4, -0.2) is 79.5 Å². The molecule has 28 heavy (non-hydrogen) atoms. The number of aromatic nitrogens is 2. The fraction of sp³-hybridized carbons (Fsp3) is 0.706. The monoisotopic (exact) mass is 524 g/mol. The van der Waals surface area contributed by atoms with E-state index in [4.69, 9.17) is 4.99 Å². The van der Waals surface area contributed by atoms with Gasteiger partial charge in [0.2, 0.25) is 5.95 Å². The molecule has 4 rings (SSSR count). The Labute approximate surface area is 181 Å². The van der Waals surface area contributed by atoms with Crippen LogP contribution in [-0.2, 0) is 9.84 Å². The zero-order valence-electron chi connectivity index (χ0n) is 15.6. The van der Waals surface area contributed by atoms with Crippen LogP contribution in [0.3, 0.4) is 0 Å². The predicted octanol–water partition coefficient (Wildman–Crippen LogP) is 0.898. The second kappa shape index (κ2) is 9.06. The van der Waals surface area contributed by atoms with E-state index in [-0.39, 0.29) is 41.4 Å². The van der Waals surface area contributed by atoms with Crippen molar-refractivity contribution in [1.82, 2.24) is 20.2 Å². The number of hydrogen-bond donors (Lipinski definition) is 1. The molecule has 1 atom stereocenters. The highest BCUT2D eigenvalue weighted by Crippen LogP contribution is 2.21. The molecule has 3 aliphatic rings. The molecule has 0 aromatic carbocycles. The zero-order valence-corrected chi connectivity index (χ0v) is 18.8. The number of hydrogen-bond acceptors (Lipinski definition) is 6. The molecule has 1 aromatic rings. The summed E-state index contributed by atoms with van der Waals surface area (Å²) in [5.74, 6) is 1.65. The minimum atomic E-state index is -2.87. The molecule has 0 amide bonds. The van der Waals surface area contributed by atoms with Gasteiger partial charge in [-0.3, -0.25) is 4.99 Å². The Bertz CT molecular complexity index is 794. The Balaban J connectivity index is 0.00000225. The third-order valence-electron chi connectivity index (χ3n) is 5.21. The van der Waals surface area contributed by atoms with Crippen molar-refractivity contribution in [3.05, 3.63) is 18.2 Å². The number of rotatable bonds is 4. The Morgan fingerprint density at radius 1 is 1.18 bits per heavy atom. The minimum absolute atomic E-state index is 0. The summed E-state index contributed by atoms with van der Waals surface area (Å²) in [6.07, 6.45) is 5.39. The van der Waals surface area contributed by atoms with E-state index >= 15 is 0 Å². The summed E-state index contributed by atoms with van der Waals surface area (Å²) in [6.45, 7) is 3.55. The van der Waals surface area contributed by atoms with Gasteiger partial charge < -0.3 is 15.1 Å². The van der Waals surface area contributed by atoms with E-state index in [1.165, 1.54) is 12.4 Å². The summed E-state index contributed by atoms with van der Waals surface area (Å²) in [7, 11) is -2.87. The number of nitrogens with zero attached hydrogens (tertiary/aromatic N) is 5. The maximum Gasteiger partial charge on any atom is 0.225 e. The summed E-state index contributed by atoms with van der Waals surface area (Å²) in [6, 6.07) is 0.481. The third kappa shape index (κ3) is 5.65. The summed E-state index contributed by atoms with van der Waals surface area (Å²) in [5.41, 5.74) is 0. The molecule has 2 aliphatic heterocycles. The molecule has 3 heterocycles. The number of halogens is 2. The van der Waals surface area contributed by atoms with Gasteiger partial charge in [0, 0.05) is 38.8 Å². The van der Waals surface area contributed by atoms with Crippen molar-refractivity contribution >= 4 is 45.7 Å². The van der Waals surface area contributed by atoms with Gasteiger partial charge in [0.1, 0.15) is 0 Å². The first kappa shape index (κ1) is 21.5. The maximum atomic E-state index is 13.0. The lowest BCUT2D eigenvalue weighted by Gasteiger charge is -2.36. The normalized spacial score (nSPS) is 24.8. The van der Waals surface area contributed by atoms with Crippen LogP contribution in [0.15, 0.2) is 17.4 Å². The minimum Gasteiger partial charge on any atom is -0.354 e. The van der Waals surface area contributed by atoms with Crippen molar-refractivity contribution in [2.75, 3.05) is 49.1 Å². The average molecular weight is 524 g/mol. The fourth-order valence-electron chi connectivity index (χ4n) is 3.47. The molecule has 2 saturated heterocycles. The second-order valence-electron chi connectivity index (χ2n) is 7.53. The second-order valence-corrected chi connectivity index (χ2v) is 9.76. The number of piperazine rings is 1. The van der Waals surface area contributed by atoms with Gasteiger partial charge in [-0.2, -0.15) is 0 Å².